The van der Waals surface area contributed by atoms with E-state index in [1.54, 1.807) is 49.1 Å². The number of aromatic hydroxyl groups is 1. The summed E-state index contributed by atoms with van der Waals surface area (Å²) in [5.41, 5.74) is 5.06. The number of hydrogen-bond donors (Lipinski definition) is 3. The molecule has 0 fully saturated rings. The van der Waals surface area contributed by atoms with Crippen molar-refractivity contribution in [2.45, 2.75) is 32.9 Å². The molecule has 3 heterocycles. The van der Waals surface area contributed by atoms with Crippen molar-refractivity contribution in [1.29, 1.82) is 5.41 Å². The van der Waals surface area contributed by atoms with Crippen molar-refractivity contribution >= 4 is 11.6 Å². The first-order valence-corrected chi connectivity index (χ1v) is 11.1. The number of hydrogen-bond acceptors (Lipinski definition) is 5. The van der Waals surface area contributed by atoms with E-state index in [2.05, 4.69) is 19.9 Å². The monoisotopic (exact) mass is 453 g/mol. The number of aryl methyl sites for hydroxylation is 1. The molecule has 1 amide bonds. The second kappa shape index (κ2) is 10.1. The van der Waals surface area contributed by atoms with Gasteiger partial charge in [-0.25, -0.2) is 0 Å². The maximum atomic E-state index is 13.4. The molecule has 0 bridgehead atoms. The summed E-state index contributed by atoms with van der Waals surface area (Å²) in [6, 6.07) is 15.7. The van der Waals surface area contributed by atoms with Crippen LogP contribution in [0.25, 0.3) is 0 Å². The van der Waals surface area contributed by atoms with Crippen LogP contribution in [0.4, 0.5) is 0 Å². The molecule has 0 aliphatic heterocycles. The molecular formula is C27H27N5O2. The Morgan fingerprint density at radius 3 is 2.53 bits per heavy atom. The predicted octanol–water partition coefficient (Wildman–Crippen LogP) is 4.58. The number of amides is 1. The van der Waals surface area contributed by atoms with E-state index in [1.165, 1.54) is 0 Å². The molecule has 1 atom stereocenters. The molecule has 0 aliphatic carbocycles. The number of carbonyl (C=O) groups is 1. The maximum Gasteiger partial charge on any atom is 0.253 e. The van der Waals surface area contributed by atoms with Crippen molar-refractivity contribution < 1.29 is 9.90 Å². The molecule has 4 rings (SSSR count). The van der Waals surface area contributed by atoms with Crippen LogP contribution in [0.1, 0.15) is 50.9 Å². The van der Waals surface area contributed by atoms with E-state index in [1.807, 2.05) is 44.2 Å². The highest BCUT2D eigenvalue weighted by Crippen LogP contribution is 2.28. The minimum atomic E-state index is -0.579. The zero-order valence-corrected chi connectivity index (χ0v) is 19.2. The highest BCUT2D eigenvalue weighted by Gasteiger charge is 2.23. The Kier molecular flexibility index (Phi) is 6.82. The third kappa shape index (κ3) is 5.04. The fourth-order valence-corrected chi connectivity index (χ4v) is 4.07. The lowest BCUT2D eigenvalue weighted by atomic mass is 9.97. The third-order valence-corrected chi connectivity index (χ3v) is 5.94. The first-order chi connectivity index (χ1) is 16.4. The standard InChI is InChI=1S/C27H27N5O2/c1-18-14-23(19(2)32(18)17-20-9-12-29-13-10-20)27(34)31-25(22-7-3-4-8-26(22)33)15-24(28)21-6-5-11-30-16-21/h3-14,16,25,28,33H,15,17H2,1-2H3,(H,31,34). The predicted molar refractivity (Wildman–Crippen MR) is 131 cm³/mol. The van der Waals surface area contributed by atoms with Crippen molar-refractivity contribution in [3.8, 4) is 5.75 Å². The summed E-state index contributed by atoms with van der Waals surface area (Å²) in [5, 5.41) is 22.1. The summed E-state index contributed by atoms with van der Waals surface area (Å²) in [6.07, 6.45) is 7.00. The molecule has 1 aromatic carbocycles. The number of pyridine rings is 2. The van der Waals surface area contributed by atoms with Crippen molar-refractivity contribution in [2.24, 2.45) is 0 Å². The van der Waals surface area contributed by atoms with E-state index in [0.29, 0.717) is 28.9 Å². The molecule has 3 aromatic heterocycles. The van der Waals surface area contributed by atoms with Gasteiger partial charge < -0.3 is 20.4 Å². The van der Waals surface area contributed by atoms with Gasteiger partial charge in [0.25, 0.3) is 5.91 Å². The summed E-state index contributed by atoms with van der Waals surface area (Å²) in [7, 11) is 0. The van der Waals surface area contributed by atoms with Crippen LogP contribution in [0.3, 0.4) is 0 Å². The van der Waals surface area contributed by atoms with E-state index in [9.17, 15) is 9.90 Å². The van der Waals surface area contributed by atoms with E-state index >= 15 is 0 Å². The van der Waals surface area contributed by atoms with Gasteiger partial charge in [-0.1, -0.05) is 24.3 Å². The molecule has 0 saturated heterocycles. The van der Waals surface area contributed by atoms with Gasteiger partial charge in [0.2, 0.25) is 0 Å². The number of nitrogens with zero attached hydrogens (tertiary/aromatic N) is 3. The van der Waals surface area contributed by atoms with Gasteiger partial charge in [-0.15, -0.1) is 0 Å². The smallest absolute Gasteiger partial charge is 0.253 e. The molecule has 7 nitrogen and oxygen atoms in total. The molecule has 1 unspecified atom stereocenters. The summed E-state index contributed by atoms with van der Waals surface area (Å²) >= 11 is 0. The minimum Gasteiger partial charge on any atom is -0.508 e. The van der Waals surface area contributed by atoms with Crippen LogP contribution in [0.15, 0.2) is 79.4 Å². The van der Waals surface area contributed by atoms with Gasteiger partial charge in [-0.3, -0.25) is 14.8 Å². The Hall–Kier alpha value is -4.26. The Morgan fingerprint density at radius 2 is 1.82 bits per heavy atom. The molecule has 3 N–H and O–H groups in total. The second-order valence-corrected chi connectivity index (χ2v) is 8.24. The van der Waals surface area contributed by atoms with Crippen molar-refractivity contribution in [1.82, 2.24) is 19.9 Å². The Morgan fingerprint density at radius 1 is 1.06 bits per heavy atom. The van der Waals surface area contributed by atoms with Gasteiger partial charge >= 0.3 is 0 Å². The molecule has 34 heavy (non-hydrogen) atoms. The van der Waals surface area contributed by atoms with Gasteiger partial charge in [0.05, 0.1) is 11.6 Å². The molecule has 0 radical (unpaired) electrons. The van der Waals surface area contributed by atoms with Gasteiger partial charge in [0.1, 0.15) is 5.75 Å². The lowest BCUT2D eigenvalue weighted by Gasteiger charge is -2.21. The molecular weight excluding hydrogens is 426 g/mol. The zero-order chi connectivity index (χ0) is 24.1. The van der Waals surface area contributed by atoms with Crippen LogP contribution in [0, 0.1) is 19.3 Å². The number of nitrogens with one attached hydrogen (secondary N) is 2. The highest BCUT2D eigenvalue weighted by atomic mass is 16.3. The fraction of sp³-hybridized carbons (Fsp3) is 0.185. The molecule has 0 spiro atoms. The van der Waals surface area contributed by atoms with Crippen LogP contribution >= 0.6 is 0 Å². The number of phenols is 1. The van der Waals surface area contributed by atoms with Gasteiger partial charge in [-0.2, -0.15) is 0 Å². The largest absolute Gasteiger partial charge is 0.508 e. The first kappa shape index (κ1) is 22.9. The quantitative estimate of drug-likeness (QED) is 0.340. The summed E-state index contributed by atoms with van der Waals surface area (Å²) in [5.74, 6) is -0.170. The van der Waals surface area contributed by atoms with Crippen LogP contribution < -0.4 is 5.32 Å². The van der Waals surface area contributed by atoms with E-state index in [4.69, 9.17) is 5.41 Å². The average Bonchev–Trinajstić information content (AvgIpc) is 3.13. The molecule has 172 valence electrons. The number of aromatic nitrogens is 3. The second-order valence-electron chi connectivity index (χ2n) is 8.24. The number of phenolic OH excluding ortho intramolecular Hbond substituents is 1. The number of benzene rings is 1. The third-order valence-electron chi connectivity index (χ3n) is 5.94. The normalized spacial score (nSPS) is 11.7. The number of carbonyl (C=O) groups excluding carboxylic acids is 1. The van der Waals surface area contributed by atoms with E-state index < -0.39 is 6.04 Å². The maximum absolute atomic E-state index is 13.4. The molecule has 7 heteroatoms. The summed E-state index contributed by atoms with van der Waals surface area (Å²) < 4.78 is 2.09. The summed E-state index contributed by atoms with van der Waals surface area (Å²) in [6.45, 7) is 4.54. The Labute approximate surface area is 198 Å². The van der Waals surface area contributed by atoms with Crippen LogP contribution in [0.2, 0.25) is 0 Å². The molecule has 4 aromatic rings. The van der Waals surface area contributed by atoms with Crippen LogP contribution in [-0.4, -0.2) is 31.3 Å². The topological polar surface area (TPSA) is 104 Å². The lowest BCUT2D eigenvalue weighted by Crippen LogP contribution is -2.30. The van der Waals surface area contributed by atoms with Crippen molar-refractivity contribution in [2.75, 3.05) is 0 Å². The van der Waals surface area contributed by atoms with Crippen molar-refractivity contribution in [3.05, 3.63) is 113 Å². The van der Waals surface area contributed by atoms with Crippen molar-refractivity contribution in [3.63, 3.8) is 0 Å². The Bertz CT molecular complexity index is 1300. The molecule has 0 saturated carbocycles. The summed E-state index contributed by atoms with van der Waals surface area (Å²) in [4.78, 5) is 21.5. The number of rotatable bonds is 8. The average molecular weight is 454 g/mol. The molecule has 0 aliphatic rings. The lowest BCUT2D eigenvalue weighted by molar-refractivity contribution is 0.0936. The van der Waals surface area contributed by atoms with Gasteiger partial charge in [0.15, 0.2) is 0 Å². The van der Waals surface area contributed by atoms with Crippen LogP contribution in [0.5, 0.6) is 5.75 Å². The van der Waals surface area contributed by atoms with Crippen LogP contribution in [-0.2, 0) is 6.54 Å². The number of para-hydroxylation sites is 1. The zero-order valence-electron chi connectivity index (χ0n) is 19.2. The van der Waals surface area contributed by atoms with Gasteiger partial charge in [-0.05, 0) is 49.7 Å². The Balaban J connectivity index is 1.60. The van der Waals surface area contributed by atoms with E-state index in [0.717, 1.165) is 17.0 Å². The minimum absolute atomic E-state index is 0.0787. The highest BCUT2D eigenvalue weighted by molar-refractivity contribution is 6.00. The van der Waals surface area contributed by atoms with E-state index in [-0.39, 0.29) is 18.1 Å². The van der Waals surface area contributed by atoms with Gasteiger partial charge in [0, 0.05) is 66.0 Å². The first-order valence-electron chi connectivity index (χ1n) is 11.1. The SMILES string of the molecule is Cc1cc(C(=O)NC(CC(=N)c2cccnc2)c2ccccc2O)c(C)n1Cc1ccncc1. The fourth-order valence-electron chi connectivity index (χ4n) is 4.07.